The molecule has 0 radical (unpaired) electrons. The number of hydrogen-bond donors (Lipinski definition) is 0. The van der Waals surface area contributed by atoms with Gasteiger partial charge in [0.05, 0.1) is 17.6 Å². The first kappa shape index (κ1) is 20.7. The zero-order valence-corrected chi connectivity index (χ0v) is 17.3. The van der Waals surface area contributed by atoms with E-state index < -0.39 is 16.0 Å². The van der Waals surface area contributed by atoms with E-state index >= 15 is 0 Å². The van der Waals surface area contributed by atoms with Crippen molar-refractivity contribution < 1.29 is 22.7 Å². The Bertz CT molecular complexity index is 887. The molecule has 0 aliphatic rings. The number of rotatable bonds is 7. The molecule has 0 atom stereocenters. The van der Waals surface area contributed by atoms with Gasteiger partial charge in [-0.2, -0.15) is 4.31 Å². The van der Waals surface area contributed by atoms with Crippen molar-refractivity contribution in [3.63, 3.8) is 0 Å². The third-order valence-corrected chi connectivity index (χ3v) is 6.34. The van der Waals surface area contributed by atoms with Crippen LogP contribution in [-0.4, -0.2) is 46.0 Å². The number of esters is 1. The highest BCUT2D eigenvalue weighted by atomic mass is 79.9. The molecule has 9 heteroatoms. The maximum absolute atomic E-state index is 12.7. The van der Waals surface area contributed by atoms with Gasteiger partial charge < -0.3 is 9.47 Å². The number of ether oxygens (including phenoxy) is 2. The van der Waals surface area contributed by atoms with Crippen molar-refractivity contribution in [3.8, 4) is 5.75 Å². The zero-order valence-electron chi connectivity index (χ0n) is 14.1. The monoisotopic (exact) mass is 461 g/mol. The fraction of sp³-hybridized carbons (Fsp3) is 0.235. The number of methoxy groups -OCH3 is 1. The Morgan fingerprint density at radius 2 is 1.85 bits per heavy atom. The van der Waals surface area contributed by atoms with E-state index in [1.807, 2.05) is 0 Å². The first-order valence-electron chi connectivity index (χ1n) is 7.48. The quantitative estimate of drug-likeness (QED) is 0.588. The van der Waals surface area contributed by atoms with Crippen molar-refractivity contribution in [1.29, 1.82) is 0 Å². The Morgan fingerprint density at radius 1 is 1.19 bits per heavy atom. The Hall–Kier alpha value is -1.61. The summed E-state index contributed by atoms with van der Waals surface area (Å²) in [6, 6.07) is 11.0. The number of carbonyl (C=O) groups is 1. The summed E-state index contributed by atoms with van der Waals surface area (Å²) >= 11 is 9.01. The van der Waals surface area contributed by atoms with Crippen LogP contribution < -0.4 is 4.74 Å². The summed E-state index contributed by atoms with van der Waals surface area (Å²) in [6.07, 6.45) is 0. The minimum atomic E-state index is -3.78. The normalized spacial score (nSPS) is 11.4. The van der Waals surface area contributed by atoms with E-state index in [-0.39, 0.29) is 23.6 Å². The number of benzene rings is 2. The van der Waals surface area contributed by atoms with Crippen molar-refractivity contribution in [2.24, 2.45) is 0 Å². The van der Waals surface area contributed by atoms with Gasteiger partial charge in [-0.15, -0.1) is 0 Å². The van der Waals surface area contributed by atoms with Crippen LogP contribution in [0.1, 0.15) is 10.4 Å². The smallest absolute Gasteiger partial charge is 0.339 e. The van der Waals surface area contributed by atoms with Crippen LogP contribution in [0.5, 0.6) is 5.75 Å². The van der Waals surface area contributed by atoms with E-state index in [1.165, 1.54) is 32.4 Å². The lowest BCUT2D eigenvalue weighted by molar-refractivity contribution is 0.0599. The minimum Gasteiger partial charge on any atom is -0.492 e. The van der Waals surface area contributed by atoms with Crippen molar-refractivity contribution >= 4 is 43.5 Å². The molecule has 2 aromatic rings. The third kappa shape index (κ3) is 4.97. The van der Waals surface area contributed by atoms with E-state index in [9.17, 15) is 13.2 Å². The van der Waals surface area contributed by atoms with E-state index in [4.69, 9.17) is 16.3 Å². The minimum absolute atomic E-state index is 0.00454. The molecule has 0 saturated carbocycles. The Kier molecular flexibility index (Phi) is 7.05. The summed E-state index contributed by atoms with van der Waals surface area (Å²) in [7, 11) is -1.10. The number of halogens is 2. The molecular weight excluding hydrogens is 446 g/mol. The van der Waals surface area contributed by atoms with Gasteiger partial charge in [-0.1, -0.05) is 11.6 Å². The lowest BCUT2D eigenvalue weighted by Crippen LogP contribution is -2.31. The van der Waals surface area contributed by atoms with Crippen molar-refractivity contribution in [3.05, 3.63) is 57.5 Å². The van der Waals surface area contributed by atoms with Crippen molar-refractivity contribution in [1.82, 2.24) is 4.31 Å². The maximum Gasteiger partial charge on any atom is 0.339 e. The molecular formula is C17H17BrClNO5S. The molecule has 0 aliphatic carbocycles. The summed E-state index contributed by atoms with van der Waals surface area (Å²) in [4.78, 5) is 11.7. The van der Waals surface area contributed by atoms with Gasteiger partial charge in [-0.05, 0) is 58.4 Å². The zero-order chi connectivity index (χ0) is 19.3. The molecule has 0 heterocycles. The number of sulfonamides is 1. The fourth-order valence-corrected chi connectivity index (χ4v) is 3.77. The Labute approximate surface area is 165 Å². The van der Waals surface area contributed by atoms with Crippen LogP contribution in [0.15, 0.2) is 51.8 Å². The highest BCUT2D eigenvalue weighted by Crippen LogP contribution is 2.23. The van der Waals surface area contributed by atoms with Gasteiger partial charge in [0.2, 0.25) is 10.0 Å². The molecule has 0 N–H and O–H groups in total. The topological polar surface area (TPSA) is 72.9 Å². The first-order valence-corrected chi connectivity index (χ1v) is 10.1. The van der Waals surface area contributed by atoms with Gasteiger partial charge in [0.1, 0.15) is 12.4 Å². The molecule has 2 rings (SSSR count). The molecule has 0 amide bonds. The van der Waals surface area contributed by atoms with Crippen LogP contribution in [0, 0.1) is 0 Å². The van der Waals surface area contributed by atoms with Gasteiger partial charge in [0.15, 0.2) is 0 Å². The summed E-state index contributed by atoms with van der Waals surface area (Å²) in [5.74, 6) is -0.0283. The van der Waals surface area contributed by atoms with Crippen LogP contribution in [-0.2, 0) is 14.8 Å². The highest BCUT2D eigenvalue weighted by molar-refractivity contribution is 9.10. The first-order chi connectivity index (χ1) is 12.3. The molecule has 26 heavy (non-hydrogen) atoms. The number of likely N-dealkylation sites (N-methyl/N-ethyl adjacent to an activating group) is 1. The van der Waals surface area contributed by atoms with Crippen LogP contribution >= 0.6 is 27.5 Å². The van der Waals surface area contributed by atoms with Gasteiger partial charge >= 0.3 is 5.97 Å². The van der Waals surface area contributed by atoms with Gasteiger partial charge in [-0.3, -0.25) is 0 Å². The third-order valence-electron chi connectivity index (χ3n) is 3.54. The number of hydrogen-bond acceptors (Lipinski definition) is 5. The van der Waals surface area contributed by atoms with Crippen molar-refractivity contribution in [2.75, 3.05) is 27.3 Å². The summed E-state index contributed by atoms with van der Waals surface area (Å²) in [6.45, 7) is 0.298. The van der Waals surface area contributed by atoms with Gasteiger partial charge in [0.25, 0.3) is 0 Å². The summed E-state index contributed by atoms with van der Waals surface area (Å²) < 4.78 is 37.1. The van der Waals surface area contributed by atoms with E-state index in [1.54, 1.807) is 24.3 Å². The predicted molar refractivity (Wildman–Crippen MR) is 102 cm³/mol. The lowest BCUT2D eigenvalue weighted by atomic mass is 10.2. The molecule has 0 spiro atoms. The second kappa shape index (κ2) is 8.85. The van der Waals surface area contributed by atoms with Crippen LogP contribution in [0.3, 0.4) is 0 Å². The maximum atomic E-state index is 12.7. The molecule has 140 valence electrons. The summed E-state index contributed by atoms with van der Waals surface area (Å²) in [5.41, 5.74) is 0.138. The van der Waals surface area contributed by atoms with E-state index in [0.29, 0.717) is 15.2 Å². The molecule has 0 unspecified atom stereocenters. The molecule has 0 saturated heterocycles. The standard InChI is InChI=1S/C17H17BrClNO5S/c1-20(9-10-25-13-5-3-12(19)4-6-13)26(22,23)14-7-8-16(18)15(11-14)17(21)24-2/h3-8,11H,9-10H2,1-2H3. The molecule has 2 aromatic carbocycles. The van der Waals surface area contributed by atoms with Crippen molar-refractivity contribution in [2.45, 2.75) is 4.90 Å². The van der Waals surface area contributed by atoms with Gasteiger partial charge in [-0.25, -0.2) is 13.2 Å². The molecule has 0 aliphatic heterocycles. The molecule has 0 fully saturated rings. The highest BCUT2D eigenvalue weighted by Gasteiger charge is 2.23. The second-order valence-electron chi connectivity index (χ2n) is 5.26. The molecule has 0 aromatic heterocycles. The SMILES string of the molecule is COC(=O)c1cc(S(=O)(=O)N(C)CCOc2ccc(Cl)cc2)ccc1Br. The summed E-state index contributed by atoms with van der Waals surface area (Å²) in [5, 5.41) is 0.591. The van der Waals surface area contributed by atoms with Gasteiger partial charge in [0, 0.05) is 23.1 Å². The second-order valence-corrected chi connectivity index (χ2v) is 8.60. The van der Waals surface area contributed by atoms with Crippen LogP contribution in [0.4, 0.5) is 0 Å². The largest absolute Gasteiger partial charge is 0.492 e. The fourth-order valence-electron chi connectivity index (χ4n) is 2.05. The molecule has 6 nitrogen and oxygen atoms in total. The van der Waals surface area contributed by atoms with Crippen LogP contribution in [0.2, 0.25) is 5.02 Å². The van der Waals surface area contributed by atoms with E-state index in [0.717, 1.165) is 4.31 Å². The average molecular weight is 463 g/mol. The Morgan fingerprint density at radius 3 is 2.46 bits per heavy atom. The average Bonchev–Trinajstić information content (AvgIpc) is 2.62. The number of nitrogens with zero attached hydrogens (tertiary/aromatic N) is 1. The Balaban J connectivity index is 2.08. The predicted octanol–water partition coefficient (Wildman–Crippen LogP) is 3.59. The number of carbonyl (C=O) groups excluding carboxylic acids is 1. The van der Waals surface area contributed by atoms with E-state index in [2.05, 4.69) is 20.7 Å². The van der Waals surface area contributed by atoms with Crippen LogP contribution in [0.25, 0.3) is 0 Å². The lowest BCUT2D eigenvalue weighted by Gasteiger charge is -2.18. The molecule has 0 bridgehead atoms.